The summed E-state index contributed by atoms with van der Waals surface area (Å²) in [7, 11) is 1.78. The van der Waals surface area contributed by atoms with Gasteiger partial charge in [-0.3, -0.25) is 0 Å². The second-order valence-electron chi connectivity index (χ2n) is 5.17. The van der Waals surface area contributed by atoms with E-state index >= 15 is 0 Å². The Balaban J connectivity index is 1.67. The van der Waals surface area contributed by atoms with Crippen molar-refractivity contribution in [3.05, 3.63) is 0 Å². The van der Waals surface area contributed by atoms with Crippen LogP contribution < -0.4 is 5.32 Å². The maximum Gasteiger partial charge on any atom is 0.0701 e. The number of ether oxygens (including phenoxy) is 4. The van der Waals surface area contributed by atoms with E-state index in [1.54, 1.807) is 7.11 Å². The molecule has 120 valence electrons. The van der Waals surface area contributed by atoms with Crippen molar-refractivity contribution in [1.82, 2.24) is 5.32 Å². The molecule has 1 rings (SSSR count). The van der Waals surface area contributed by atoms with Crippen molar-refractivity contribution in [2.75, 3.05) is 53.3 Å². The molecule has 1 aliphatic carbocycles. The number of hydrogen-bond donors (Lipinski definition) is 1. The topological polar surface area (TPSA) is 49.0 Å². The molecule has 0 saturated heterocycles. The summed E-state index contributed by atoms with van der Waals surface area (Å²) in [6, 6.07) is 0.611. The van der Waals surface area contributed by atoms with E-state index in [4.69, 9.17) is 18.9 Å². The number of methoxy groups -OCH3 is 1. The summed E-state index contributed by atoms with van der Waals surface area (Å²) in [6.07, 6.45) is 5.01. The Morgan fingerprint density at radius 3 is 2.10 bits per heavy atom. The van der Waals surface area contributed by atoms with Gasteiger partial charge in [-0.15, -0.1) is 0 Å². The molecule has 0 unspecified atom stereocenters. The third-order valence-electron chi connectivity index (χ3n) is 3.49. The zero-order valence-electron chi connectivity index (χ0n) is 13.1. The average Bonchev–Trinajstić information content (AvgIpc) is 2.42. The van der Waals surface area contributed by atoms with Crippen LogP contribution in [0.15, 0.2) is 0 Å². The molecule has 5 nitrogen and oxygen atoms in total. The molecule has 1 N–H and O–H groups in total. The fourth-order valence-corrected chi connectivity index (χ4v) is 2.05. The molecule has 1 aliphatic rings. The summed E-state index contributed by atoms with van der Waals surface area (Å²) in [6.45, 7) is 7.29. The molecule has 0 amide bonds. The molecule has 0 atom stereocenters. The van der Waals surface area contributed by atoms with Crippen LogP contribution in [0.3, 0.4) is 0 Å². The lowest BCUT2D eigenvalue weighted by Crippen LogP contribution is -2.46. The van der Waals surface area contributed by atoms with Crippen molar-refractivity contribution in [3.63, 3.8) is 0 Å². The van der Waals surface area contributed by atoms with Gasteiger partial charge in [0.05, 0.1) is 39.1 Å². The maximum atomic E-state index is 5.49. The Kier molecular flexibility index (Phi) is 11.2. The highest BCUT2D eigenvalue weighted by Gasteiger charge is 2.27. The molecule has 0 heterocycles. The van der Waals surface area contributed by atoms with Gasteiger partial charge in [0.25, 0.3) is 0 Å². The Hall–Kier alpha value is -0.200. The number of unbranched alkanes of at least 4 members (excludes halogenated alkanes) is 1. The molecule has 0 aromatic rings. The van der Waals surface area contributed by atoms with E-state index in [0.717, 1.165) is 39.0 Å². The fraction of sp³-hybridized carbons (Fsp3) is 1.00. The SMILES string of the molecule is CCCCOCCOCCOCCNC1CC(OC)C1. The molecular weight excluding hydrogens is 258 g/mol. The maximum absolute atomic E-state index is 5.49. The first-order valence-electron chi connectivity index (χ1n) is 7.86. The monoisotopic (exact) mass is 289 g/mol. The van der Waals surface area contributed by atoms with Gasteiger partial charge in [0.1, 0.15) is 0 Å². The molecule has 1 saturated carbocycles. The van der Waals surface area contributed by atoms with E-state index in [0.29, 0.717) is 38.6 Å². The van der Waals surface area contributed by atoms with Gasteiger partial charge in [-0.1, -0.05) is 13.3 Å². The van der Waals surface area contributed by atoms with Crippen LogP contribution in [-0.2, 0) is 18.9 Å². The zero-order valence-corrected chi connectivity index (χ0v) is 13.1. The molecule has 0 aromatic carbocycles. The molecule has 1 fully saturated rings. The van der Waals surface area contributed by atoms with Gasteiger partial charge in [-0.25, -0.2) is 0 Å². The number of hydrogen-bond acceptors (Lipinski definition) is 5. The van der Waals surface area contributed by atoms with Crippen molar-refractivity contribution < 1.29 is 18.9 Å². The first-order chi connectivity index (χ1) is 9.86. The molecule has 0 bridgehead atoms. The van der Waals surface area contributed by atoms with Crippen LogP contribution >= 0.6 is 0 Å². The summed E-state index contributed by atoms with van der Waals surface area (Å²) in [5.74, 6) is 0. The molecule has 0 aliphatic heterocycles. The Morgan fingerprint density at radius 2 is 1.50 bits per heavy atom. The molecular formula is C15H31NO4. The van der Waals surface area contributed by atoms with Crippen LogP contribution in [0.4, 0.5) is 0 Å². The van der Waals surface area contributed by atoms with Gasteiger partial charge >= 0.3 is 0 Å². The zero-order chi connectivity index (χ0) is 14.5. The molecule has 5 heteroatoms. The molecule has 0 radical (unpaired) electrons. The second kappa shape index (κ2) is 12.5. The van der Waals surface area contributed by atoms with Gasteiger partial charge in [0, 0.05) is 26.3 Å². The quantitative estimate of drug-likeness (QED) is 0.492. The molecule has 0 spiro atoms. The minimum atomic E-state index is 0.460. The predicted octanol–water partition coefficient (Wildman–Crippen LogP) is 1.60. The van der Waals surface area contributed by atoms with Crippen LogP contribution in [0.1, 0.15) is 32.6 Å². The summed E-state index contributed by atoms with van der Waals surface area (Å²) in [5, 5.41) is 3.45. The van der Waals surface area contributed by atoms with Crippen LogP contribution in [0, 0.1) is 0 Å². The smallest absolute Gasteiger partial charge is 0.0701 e. The van der Waals surface area contributed by atoms with E-state index in [2.05, 4.69) is 12.2 Å². The average molecular weight is 289 g/mol. The Labute approximate surface area is 123 Å². The Bertz CT molecular complexity index is 210. The van der Waals surface area contributed by atoms with Crippen LogP contribution in [0.2, 0.25) is 0 Å². The third kappa shape index (κ3) is 8.87. The van der Waals surface area contributed by atoms with Crippen molar-refractivity contribution in [2.45, 2.75) is 44.8 Å². The highest BCUT2D eigenvalue weighted by molar-refractivity contribution is 4.85. The van der Waals surface area contributed by atoms with Crippen LogP contribution in [-0.4, -0.2) is 65.4 Å². The summed E-state index contributed by atoms with van der Waals surface area (Å²) >= 11 is 0. The van der Waals surface area contributed by atoms with Crippen LogP contribution in [0.25, 0.3) is 0 Å². The van der Waals surface area contributed by atoms with Crippen molar-refractivity contribution in [3.8, 4) is 0 Å². The first kappa shape index (κ1) is 17.9. The van der Waals surface area contributed by atoms with E-state index in [-0.39, 0.29) is 0 Å². The highest BCUT2D eigenvalue weighted by Crippen LogP contribution is 2.21. The lowest BCUT2D eigenvalue weighted by Gasteiger charge is -2.34. The van der Waals surface area contributed by atoms with E-state index < -0.39 is 0 Å². The third-order valence-corrected chi connectivity index (χ3v) is 3.49. The Morgan fingerprint density at radius 1 is 0.900 bits per heavy atom. The largest absolute Gasteiger partial charge is 0.381 e. The molecule has 20 heavy (non-hydrogen) atoms. The van der Waals surface area contributed by atoms with E-state index in [9.17, 15) is 0 Å². The summed E-state index contributed by atoms with van der Waals surface area (Å²) in [4.78, 5) is 0. The first-order valence-corrected chi connectivity index (χ1v) is 7.86. The van der Waals surface area contributed by atoms with Crippen molar-refractivity contribution >= 4 is 0 Å². The van der Waals surface area contributed by atoms with Gasteiger partial charge < -0.3 is 24.3 Å². The summed E-state index contributed by atoms with van der Waals surface area (Å²) in [5.41, 5.74) is 0. The van der Waals surface area contributed by atoms with Crippen LogP contribution in [0.5, 0.6) is 0 Å². The second-order valence-corrected chi connectivity index (χ2v) is 5.17. The number of nitrogens with one attached hydrogen (secondary N) is 1. The van der Waals surface area contributed by atoms with E-state index in [1.807, 2.05) is 0 Å². The highest BCUT2D eigenvalue weighted by atomic mass is 16.5. The van der Waals surface area contributed by atoms with Crippen molar-refractivity contribution in [1.29, 1.82) is 0 Å². The molecule has 0 aromatic heterocycles. The van der Waals surface area contributed by atoms with Gasteiger partial charge in [-0.05, 0) is 19.3 Å². The minimum absolute atomic E-state index is 0.460. The lowest BCUT2D eigenvalue weighted by atomic mass is 9.89. The minimum Gasteiger partial charge on any atom is -0.381 e. The van der Waals surface area contributed by atoms with Gasteiger partial charge in [0.2, 0.25) is 0 Å². The predicted molar refractivity (Wildman–Crippen MR) is 79.2 cm³/mol. The van der Waals surface area contributed by atoms with Crippen molar-refractivity contribution in [2.24, 2.45) is 0 Å². The number of rotatable bonds is 14. The summed E-state index contributed by atoms with van der Waals surface area (Å²) < 4.78 is 21.5. The standard InChI is InChI=1S/C15H31NO4/c1-3-4-6-18-8-10-20-11-9-19-7-5-16-14-12-15(13-14)17-2/h14-16H,3-13H2,1-2H3. The normalized spacial score (nSPS) is 21.9. The fourth-order valence-electron chi connectivity index (χ4n) is 2.05. The van der Waals surface area contributed by atoms with Gasteiger partial charge in [0.15, 0.2) is 0 Å². The van der Waals surface area contributed by atoms with E-state index in [1.165, 1.54) is 6.42 Å². The van der Waals surface area contributed by atoms with Gasteiger partial charge in [-0.2, -0.15) is 0 Å². The lowest BCUT2D eigenvalue weighted by molar-refractivity contribution is 0.00583.